The molecule has 0 bridgehead atoms. The summed E-state index contributed by atoms with van der Waals surface area (Å²) >= 11 is 0. The zero-order valence-electron chi connectivity index (χ0n) is 9.82. The molecule has 92 valence electrons. The molecule has 0 saturated heterocycles. The maximum absolute atomic E-state index is 13.6. The minimum Gasteiger partial charge on any atom is -0.480 e. The second-order valence-corrected chi connectivity index (χ2v) is 4.62. The Morgan fingerprint density at radius 2 is 2.24 bits per heavy atom. The predicted molar refractivity (Wildman–Crippen MR) is 62.2 cm³/mol. The van der Waals surface area contributed by atoms with Crippen LogP contribution in [0.5, 0.6) is 0 Å². The molecule has 1 aliphatic carbocycles. The van der Waals surface area contributed by atoms with Crippen molar-refractivity contribution in [3.63, 3.8) is 0 Å². The standard InChI is InChI=1S/C13H16FNO2/c1-9-2-5-12(14)10(6-9)7-15(8-13(16)17)11-3-4-11/h2,5-6,11H,3-4,7-8H2,1H3,(H,16,17). The molecule has 1 aliphatic rings. The Hall–Kier alpha value is -1.42. The molecule has 0 aliphatic heterocycles. The fraction of sp³-hybridized carbons (Fsp3) is 0.462. The highest BCUT2D eigenvalue weighted by molar-refractivity contribution is 5.69. The van der Waals surface area contributed by atoms with E-state index in [1.54, 1.807) is 12.1 Å². The van der Waals surface area contributed by atoms with Crippen LogP contribution in [-0.4, -0.2) is 28.6 Å². The summed E-state index contributed by atoms with van der Waals surface area (Å²) in [6.45, 7) is 2.27. The maximum Gasteiger partial charge on any atom is 0.317 e. The van der Waals surface area contributed by atoms with Crippen LogP contribution < -0.4 is 0 Å². The maximum atomic E-state index is 13.6. The van der Waals surface area contributed by atoms with Crippen molar-refractivity contribution in [3.8, 4) is 0 Å². The van der Waals surface area contributed by atoms with E-state index >= 15 is 0 Å². The van der Waals surface area contributed by atoms with Gasteiger partial charge in [0.2, 0.25) is 0 Å². The molecule has 0 aromatic heterocycles. The van der Waals surface area contributed by atoms with Gasteiger partial charge >= 0.3 is 5.97 Å². The lowest BCUT2D eigenvalue weighted by molar-refractivity contribution is -0.138. The number of carboxylic acid groups (broad SMARTS) is 1. The van der Waals surface area contributed by atoms with Crippen LogP contribution in [0, 0.1) is 12.7 Å². The molecule has 0 heterocycles. The lowest BCUT2D eigenvalue weighted by atomic mass is 10.1. The lowest BCUT2D eigenvalue weighted by Gasteiger charge is -2.20. The summed E-state index contributed by atoms with van der Waals surface area (Å²) in [4.78, 5) is 12.6. The highest BCUT2D eigenvalue weighted by Crippen LogP contribution is 2.28. The first-order chi connectivity index (χ1) is 8.06. The number of rotatable bonds is 5. The van der Waals surface area contributed by atoms with Crippen LogP contribution in [0.2, 0.25) is 0 Å². The first-order valence-electron chi connectivity index (χ1n) is 5.77. The molecular weight excluding hydrogens is 221 g/mol. The molecule has 1 N–H and O–H groups in total. The van der Waals surface area contributed by atoms with Gasteiger partial charge in [0.15, 0.2) is 0 Å². The largest absolute Gasteiger partial charge is 0.480 e. The molecule has 17 heavy (non-hydrogen) atoms. The molecule has 0 unspecified atom stereocenters. The summed E-state index contributed by atoms with van der Waals surface area (Å²) in [5.41, 5.74) is 1.57. The van der Waals surface area contributed by atoms with Gasteiger partial charge in [0.05, 0.1) is 6.54 Å². The summed E-state index contributed by atoms with van der Waals surface area (Å²) in [5.74, 6) is -1.11. The molecule has 0 radical (unpaired) electrons. The third-order valence-corrected chi connectivity index (χ3v) is 2.98. The predicted octanol–water partition coefficient (Wildman–Crippen LogP) is 2.18. The Balaban J connectivity index is 2.10. The first-order valence-corrected chi connectivity index (χ1v) is 5.77. The number of benzene rings is 1. The van der Waals surface area contributed by atoms with Crippen molar-refractivity contribution in [1.29, 1.82) is 0 Å². The van der Waals surface area contributed by atoms with Crippen LogP contribution in [0.1, 0.15) is 24.0 Å². The molecular formula is C13H16FNO2. The Bertz CT molecular complexity index is 429. The quantitative estimate of drug-likeness (QED) is 0.853. The van der Waals surface area contributed by atoms with Gasteiger partial charge in [-0.15, -0.1) is 0 Å². The van der Waals surface area contributed by atoms with Gasteiger partial charge in [-0.1, -0.05) is 17.7 Å². The summed E-state index contributed by atoms with van der Waals surface area (Å²) in [5, 5.41) is 8.83. The van der Waals surface area contributed by atoms with Gasteiger partial charge in [0.25, 0.3) is 0 Å². The van der Waals surface area contributed by atoms with Crippen molar-refractivity contribution >= 4 is 5.97 Å². The molecule has 1 aromatic rings. The van der Waals surface area contributed by atoms with Gasteiger partial charge in [0, 0.05) is 18.2 Å². The second kappa shape index (κ2) is 4.84. The Morgan fingerprint density at radius 3 is 2.82 bits per heavy atom. The highest BCUT2D eigenvalue weighted by Gasteiger charge is 2.30. The van der Waals surface area contributed by atoms with Crippen molar-refractivity contribution in [3.05, 3.63) is 35.1 Å². The average Bonchev–Trinajstić information content (AvgIpc) is 3.05. The Labute approximate surface area is 99.9 Å². The molecule has 0 spiro atoms. The monoisotopic (exact) mass is 237 g/mol. The van der Waals surface area contributed by atoms with E-state index in [0.29, 0.717) is 18.2 Å². The summed E-state index contributed by atoms with van der Waals surface area (Å²) in [7, 11) is 0. The van der Waals surface area contributed by atoms with Gasteiger partial charge in [-0.2, -0.15) is 0 Å². The molecule has 0 atom stereocenters. The third kappa shape index (κ3) is 3.27. The van der Waals surface area contributed by atoms with Crippen LogP contribution in [-0.2, 0) is 11.3 Å². The van der Waals surface area contributed by atoms with E-state index < -0.39 is 5.97 Å². The summed E-state index contributed by atoms with van der Waals surface area (Å²) in [6.07, 6.45) is 2.03. The molecule has 1 aromatic carbocycles. The number of carboxylic acids is 1. The van der Waals surface area contributed by atoms with E-state index in [0.717, 1.165) is 18.4 Å². The van der Waals surface area contributed by atoms with Gasteiger partial charge in [-0.05, 0) is 25.8 Å². The van der Waals surface area contributed by atoms with E-state index in [1.165, 1.54) is 6.07 Å². The van der Waals surface area contributed by atoms with Crippen LogP contribution in [0.25, 0.3) is 0 Å². The van der Waals surface area contributed by atoms with Gasteiger partial charge < -0.3 is 5.11 Å². The number of halogens is 1. The van der Waals surface area contributed by atoms with Crippen molar-refractivity contribution in [1.82, 2.24) is 4.90 Å². The van der Waals surface area contributed by atoms with Crippen molar-refractivity contribution in [2.24, 2.45) is 0 Å². The third-order valence-electron chi connectivity index (χ3n) is 2.98. The molecule has 1 fully saturated rings. The number of carbonyl (C=O) groups is 1. The number of aryl methyl sites for hydroxylation is 1. The van der Waals surface area contributed by atoms with E-state index in [4.69, 9.17) is 5.11 Å². The lowest BCUT2D eigenvalue weighted by Crippen LogP contribution is -2.31. The number of hydrogen-bond donors (Lipinski definition) is 1. The Kier molecular flexibility index (Phi) is 3.43. The van der Waals surface area contributed by atoms with E-state index in [2.05, 4.69) is 0 Å². The van der Waals surface area contributed by atoms with E-state index in [9.17, 15) is 9.18 Å². The van der Waals surface area contributed by atoms with Crippen LogP contribution in [0.15, 0.2) is 18.2 Å². The first kappa shape index (κ1) is 12.0. The van der Waals surface area contributed by atoms with E-state index in [1.807, 2.05) is 11.8 Å². The minimum absolute atomic E-state index is 0.0158. The SMILES string of the molecule is Cc1ccc(F)c(CN(CC(=O)O)C2CC2)c1. The number of nitrogens with zero attached hydrogens (tertiary/aromatic N) is 1. The summed E-state index contributed by atoms with van der Waals surface area (Å²) in [6, 6.07) is 5.26. The van der Waals surface area contributed by atoms with E-state index in [-0.39, 0.29) is 12.4 Å². The smallest absolute Gasteiger partial charge is 0.317 e. The molecule has 0 amide bonds. The molecule has 3 nitrogen and oxygen atoms in total. The van der Waals surface area contributed by atoms with Gasteiger partial charge in [0.1, 0.15) is 5.82 Å². The zero-order valence-corrected chi connectivity index (χ0v) is 9.82. The normalized spacial score (nSPS) is 15.2. The fourth-order valence-corrected chi connectivity index (χ4v) is 1.97. The highest BCUT2D eigenvalue weighted by atomic mass is 19.1. The van der Waals surface area contributed by atoms with Crippen LogP contribution in [0.3, 0.4) is 0 Å². The molecule has 1 saturated carbocycles. The number of hydrogen-bond acceptors (Lipinski definition) is 2. The zero-order chi connectivity index (χ0) is 12.4. The summed E-state index contributed by atoms with van der Waals surface area (Å²) < 4.78 is 13.6. The van der Waals surface area contributed by atoms with Crippen molar-refractivity contribution in [2.45, 2.75) is 32.4 Å². The van der Waals surface area contributed by atoms with Gasteiger partial charge in [-0.3, -0.25) is 9.69 Å². The molecule has 2 rings (SSSR count). The number of aliphatic carboxylic acids is 1. The van der Waals surface area contributed by atoms with Gasteiger partial charge in [-0.25, -0.2) is 4.39 Å². The fourth-order valence-electron chi connectivity index (χ4n) is 1.97. The minimum atomic E-state index is -0.857. The van der Waals surface area contributed by atoms with Crippen LogP contribution >= 0.6 is 0 Å². The Morgan fingerprint density at radius 1 is 1.53 bits per heavy atom. The average molecular weight is 237 g/mol. The van der Waals surface area contributed by atoms with Crippen LogP contribution in [0.4, 0.5) is 4.39 Å². The topological polar surface area (TPSA) is 40.5 Å². The second-order valence-electron chi connectivity index (χ2n) is 4.62. The van der Waals surface area contributed by atoms with Crippen molar-refractivity contribution in [2.75, 3.05) is 6.54 Å². The molecule has 4 heteroatoms. The van der Waals surface area contributed by atoms with Crippen molar-refractivity contribution < 1.29 is 14.3 Å².